The van der Waals surface area contributed by atoms with Crippen LogP contribution in [-0.4, -0.2) is 18.8 Å². The summed E-state index contributed by atoms with van der Waals surface area (Å²) in [4.78, 5) is 0. The summed E-state index contributed by atoms with van der Waals surface area (Å²) in [6.07, 6.45) is 0. The van der Waals surface area contributed by atoms with E-state index in [1.165, 1.54) is 0 Å². The maximum Gasteiger partial charge on any atom is 0.118 e. The zero-order chi connectivity index (χ0) is 9.90. The third kappa shape index (κ3) is 2.87. The van der Waals surface area contributed by atoms with Crippen molar-refractivity contribution < 1.29 is 9.84 Å². The Labute approximate surface area is 90.3 Å². The van der Waals surface area contributed by atoms with E-state index in [2.05, 4.69) is 0 Å². The molecule has 1 aromatic rings. The van der Waals surface area contributed by atoms with Crippen molar-refractivity contribution in [3.8, 4) is 5.75 Å². The van der Waals surface area contributed by atoms with E-state index in [-0.39, 0.29) is 19.0 Å². The minimum atomic E-state index is -0.952. The molecule has 0 amide bonds. The molecule has 0 saturated carbocycles. The van der Waals surface area contributed by atoms with E-state index in [1.807, 2.05) is 12.1 Å². The van der Waals surface area contributed by atoms with Crippen LogP contribution in [0.3, 0.4) is 0 Å². The molecule has 3 nitrogen and oxygen atoms in total. The molecule has 0 aliphatic rings. The van der Waals surface area contributed by atoms with E-state index in [0.717, 1.165) is 11.3 Å². The van der Waals surface area contributed by atoms with Crippen LogP contribution in [0.4, 0.5) is 0 Å². The SMILES string of the molecule is COc1ccc(C(C)(O)CN)cc1.Cl. The molecular weight excluding hydrogens is 202 g/mol. The number of ether oxygens (including phenoxy) is 1. The lowest BCUT2D eigenvalue weighted by atomic mass is 9.96. The highest BCUT2D eigenvalue weighted by atomic mass is 35.5. The Balaban J connectivity index is 0.00000169. The Morgan fingerprint density at radius 3 is 2.21 bits per heavy atom. The van der Waals surface area contributed by atoms with Crippen molar-refractivity contribution in [3.63, 3.8) is 0 Å². The van der Waals surface area contributed by atoms with E-state index in [9.17, 15) is 5.11 Å². The fourth-order valence-electron chi connectivity index (χ4n) is 1.07. The molecule has 0 spiro atoms. The van der Waals surface area contributed by atoms with Crippen LogP contribution in [-0.2, 0) is 5.60 Å². The van der Waals surface area contributed by atoms with Crippen molar-refractivity contribution in [3.05, 3.63) is 29.8 Å². The van der Waals surface area contributed by atoms with Crippen molar-refractivity contribution >= 4 is 12.4 Å². The Kier molecular flexibility index (Phi) is 4.91. The van der Waals surface area contributed by atoms with Gasteiger partial charge in [0.2, 0.25) is 0 Å². The van der Waals surface area contributed by atoms with Crippen LogP contribution in [0.15, 0.2) is 24.3 Å². The predicted molar refractivity (Wildman–Crippen MR) is 58.9 cm³/mol. The minimum absolute atomic E-state index is 0. The van der Waals surface area contributed by atoms with E-state index in [4.69, 9.17) is 10.5 Å². The van der Waals surface area contributed by atoms with Gasteiger partial charge in [0.25, 0.3) is 0 Å². The summed E-state index contributed by atoms with van der Waals surface area (Å²) >= 11 is 0. The summed E-state index contributed by atoms with van der Waals surface area (Å²) in [5.41, 5.74) is 5.28. The average molecular weight is 218 g/mol. The van der Waals surface area contributed by atoms with Gasteiger partial charge in [-0.3, -0.25) is 0 Å². The van der Waals surface area contributed by atoms with Crippen molar-refractivity contribution in [2.45, 2.75) is 12.5 Å². The molecule has 0 aliphatic carbocycles. The van der Waals surface area contributed by atoms with Gasteiger partial charge in [-0.25, -0.2) is 0 Å². The molecule has 14 heavy (non-hydrogen) atoms. The molecule has 1 rings (SSSR count). The summed E-state index contributed by atoms with van der Waals surface area (Å²) in [5, 5.41) is 9.79. The lowest BCUT2D eigenvalue weighted by molar-refractivity contribution is 0.0668. The largest absolute Gasteiger partial charge is 0.497 e. The highest BCUT2D eigenvalue weighted by molar-refractivity contribution is 5.85. The van der Waals surface area contributed by atoms with Gasteiger partial charge in [-0.15, -0.1) is 12.4 Å². The molecule has 0 fully saturated rings. The maximum absolute atomic E-state index is 9.79. The summed E-state index contributed by atoms with van der Waals surface area (Å²) in [6.45, 7) is 1.90. The first kappa shape index (κ1) is 13.2. The zero-order valence-corrected chi connectivity index (χ0v) is 9.17. The second-order valence-electron chi connectivity index (χ2n) is 3.21. The average Bonchev–Trinajstić information content (AvgIpc) is 2.18. The Morgan fingerprint density at radius 2 is 1.86 bits per heavy atom. The number of methoxy groups -OCH3 is 1. The van der Waals surface area contributed by atoms with Gasteiger partial charge >= 0.3 is 0 Å². The lowest BCUT2D eigenvalue weighted by Crippen LogP contribution is -2.31. The molecule has 1 atom stereocenters. The topological polar surface area (TPSA) is 55.5 Å². The summed E-state index contributed by atoms with van der Waals surface area (Å²) in [5.74, 6) is 0.775. The molecule has 3 N–H and O–H groups in total. The summed E-state index contributed by atoms with van der Waals surface area (Å²) in [7, 11) is 1.61. The first-order chi connectivity index (χ1) is 6.10. The molecule has 80 valence electrons. The van der Waals surface area contributed by atoms with E-state index >= 15 is 0 Å². The van der Waals surface area contributed by atoms with Crippen LogP contribution in [0, 0.1) is 0 Å². The van der Waals surface area contributed by atoms with E-state index < -0.39 is 5.60 Å². The highest BCUT2D eigenvalue weighted by Crippen LogP contribution is 2.21. The van der Waals surface area contributed by atoms with Crippen LogP contribution in [0.1, 0.15) is 12.5 Å². The second kappa shape index (κ2) is 5.20. The number of hydrogen-bond acceptors (Lipinski definition) is 3. The molecule has 4 heteroatoms. The van der Waals surface area contributed by atoms with Crippen LogP contribution in [0.25, 0.3) is 0 Å². The smallest absolute Gasteiger partial charge is 0.118 e. The van der Waals surface area contributed by atoms with Gasteiger partial charge in [-0.2, -0.15) is 0 Å². The number of hydrogen-bond donors (Lipinski definition) is 2. The third-order valence-corrected chi connectivity index (χ3v) is 2.11. The fraction of sp³-hybridized carbons (Fsp3) is 0.400. The van der Waals surface area contributed by atoms with Gasteiger partial charge < -0.3 is 15.6 Å². The predicted octanol–water partition coefficient (Wildman–Crippen LogP) is 1.28. The Bertz CT molecular complexity index is 272. The molecule has 1 unspecified atom stereocenters. The van der Waals surface area contributed by atoms with Crippen molar-refractivity contribution in [2.75, 3.05) is 13.7 Å². The first-order valence-corrected chi connectivity index (χ1v) is 4.17. The van der Waals surface area contributed by atoms with Gasteiger partial charge in [0.05, 0.1) is 12.7 Å². The number of rotatable bonds is 3. The second-order valence-corrected chi connectivity index (χ2v) is 3.21. The Morgan fingerprint density at radius 1 is 1.36 bits per heavy atom. The molecule has 0 saturated heterocycles. The van der Waals surface area contributed by atoms with Crippen LogP contribution in [0.5, 0.6) is 5.75 Å². The molecule has 1 aromatic carbocycles. The Hall–Kier alpha value is -0.770. The van der Waals surface area contributed by atoms with Gasteiger partial charge in [0.15, 0.2) is 0 Å². The van der Waals surface area contributed by atoms with Crippen LogP contribution < -0.4 is 10.5 Å². The molecule has 0 heterocycles. The van der Waals surface area contributed by atoms with Gasteiger partial charge in [-0.05, 0) is 24.6 Å². The normalized spacial score (nSPS) is 14.0. The quantitative estimate of drug-likeness (QED) is 0.802. The number of halogens is 1. The zero-order valence-electron chi connectivity index (χ0n) is 8.36. The van der Waals surface area contributed by atoms with Crippen molar-refractivity contribution in [1.82, 2.24) is 0 Å². The third-order valence-electron chi connectivity index (χ3n) is 2.11. The van der Waals surface area contributed by atoms with Gasteiger partial charge in [0, 0.05) is 6.54 Å². The fourth-order valence-corrected chi connectivity index (χ4v) is 1.07. The van der Waals surface area contributed by atoms with Crippen molar-refractivity contribution in [1.29, 1.82) is 0 Å². The number of benzene rings is 1. The van der Waals surface area contributed by atoms with E-state index in [0.29, 0.717) is 0 Å². The molecular formula is C10H16ClNO2. The summed E-state index contributed by atoms with van der Waals surface area (Å²) < 4.78 is 5.00. The van der Waals surface area contributed by atoms with Crippen molar-refractivity contribution in [2.24, 2.45) is 5.73 Å². The monoisotopic (exact) mass is 217 g/mol. The molecule has 0 aromatic heterocycles. The highest BCUT2D eigenvalue weighted by Gasteiger charge is 2.20. The number of aliphatic hydroxyl groups is 1. The minimum Gasteiger partial charge on any atom is -0.497 e. The van der Waals surface area contributed by atoms with E-state index in [1.54, 1.807) is 26.2 Å². The van der Waals surface area contributed by atoms with Crippen LogP contribution >= 0.6 is 12.4 Å². The summed E-state index contributed by atoms with van der Waals surface area (Å²) in [6, 6.07) is 7.23. The molecule has 0 bridgehead atoms. The molecule has 0 aliphatic heterocycles. The standard InChI is InChI=1S/C10H15NO2.ClH/c1-10(12,7-11)8-3-5-9(13-2)6-4-8;/h3-6,12H,7,11H2,1-2H3;1H. The lowest BCUT2D eigenvalue weighted by Gasteiger charge is -2.21. The van der Waals surface area contributed by atoms with Crippen LogP contribution in [0.2, 0.25) is 0 Å². The first-order valence-electron chi connectivity index (χ1n) is 4.17. The number of nitrogens with two attached hydrogens (primary N) is 1. The maximum atomic E-state index is 9.79. The molecule has 0 radical (unpaired) electrons. The van der Waals surface area contributed by atoms with Gasteiger partial charge in [-0.1, -0.05) is 12.1 Å². The van der Waals surface area contributed by atoms with Gasteiger partial charge in [0.1, 0.15) is 5.75 Å².